The Labute approximate surface area is 105 Å². The summed E-state index contributed by atoms with van der Waals surface area (Å²) in [6, 6.07) is 0. The molecule has 10 heavy (non-hydrogen) atoms. The molecule has 1 atom stereocenters. The second-order valence-electron chi connectivity index (χ2n) is 1.52. The molecule has 0 rings (SSSR count). The quantitative estimate of drug-likeness (QED) is 0.384. The Hall–Kier alpha value is 1.97. The fourth-order valence-corrected chi connectivity index (χ4v) is 0.915. The summed E-state index contributed by atoms with van der Waals surface area (Å²) in [7, 11) is -4.82. The Balaban J connectivity index is 0. The van der Waals surface area contributed by atoms with Gasteiger partial charge in [0.05, 0.1) is 13.9 Å². The number of phosphoric ester groups is 1. The van der Waals surface area contributed by atoms with Crippen molar-refractivity contribution in [2.75, 3.05) is 5.88 Å². The molecule has 0 saturated carbocycles. The molecule has 0 N–H and O–H groups in total. The van der Waals surface area contributed by atoms with Crippen LogP contribution >= 0.6 is 19.4 Å². The molecule has 0 radical (unpaired) electrons. The first-order chi connectivity index (χ1) is 3.95. The minimum atomic E-state index is -4.82. The van der Waals surface area contributed by atoms with Gasteiger partial charge in [0, 0.05) is 5.88 Å². The Morgan fingerprint density at radius 1 is 1.70 bits per heavy atom. The van der Waals surface area contributed by atoms with Crippen LogP contribution in [0.1, 0.15) is 6.92 Å². The average Bonchev–Trinajstić information content (AvgIpc) is 1.62. The molecule has 0 aliphatic heterocycles. The minimum absolute atomic E-state index is 0. The van der Waals surface area contributed by atoms with Gasteiger partial charge in [-0.25, -0.2) is 0 Å². The Kier molecular flexibility index (Phi) is 9.40. The first-order valence-electron chi connectivity index (χ1n) is 2.22. The summed E-state index contributed by atoms with van der Waals surface area (Å²) < 4.78 is 13.7. The molecular formula is C3H6BaClO4P. The smallest absolute Gasteiger partial charge is 0.790 e. The van der Waals surface area contributed by atoms with Crippen molar-refractivity contribution in [3.8, 4) is 0 Å². The predicted octanol–water partition coefficient (Wildman–Crippen LogP) is -0.922. The van der Waals surface area contributed by atoms with Crippen molar-refractivity contribution in [3.63, 3.8) is 0 Å². The van der Waals surface area contributed by atoms with Gasteiger partial charge in [0.25, 0.3) is 0 Å². The van der Waals surface area contributed by atoms with Crippen molar-refractivity contribution < 1.29 is 18.9 Å². The van der Waals surface area contributed by atoms with E-state index < -0.39 is 13.9 Å². The second kappa shape index (κ2) is 6.48. The van der Waals surface area contributed by atoms with E-state index in [4.69, 9.17) is 11.6 Å². The summed E-state index contributed by atoms with van der Waals surface area (Å²) in [5.41, 5.74) is 0. The monoisotopic (exact) mass is 310 g/mol. The fourth-order valence-electron chi connectivity index (χ4n) is 0.249. The number of hydrogen-bond donors (Lipinski definition) is 0. The first-order valence-corrected chi connectivity index (χ1v) is 4.21. The van der Waals surface area contributed by atoms with E-state index in [0.717, 1.165) is 0 Å². The van der Waals surface area contributed by atoms with Crippen LogP contribution in [-0.4, -0.2) is 60.9 Å². The van der Waals surface area contributed by atoms with E-state index in [-0.39, 0.29) is 54.8 Å². The van der Waals surface area contributed by atoms with Crippen molar-refractivity contribution in [1.82, 2.24) is 0 Å². The largest absolute Gasteiger partial charge is 2.00 e. The average molecular weight is 310 g/mol. The van der Waals surface area contributed by atoms with Crippen molar-refractivity contribution in [1.29, 1.82) is 0 Å². The third-order valence-electron chi connectivity index (χ3n) is 0.526. The first kappa shape index (κ1) is 14.5. The van der Waals surface area contributed by atoms with Crippen LogP contribution in [0.2, 0.25) is 0 Å². The summed E-state index contributed by atoms with van der Waals surface area (Å²) in [6.45, 7) is 1.40. The van der Waals surface area contributed by atoms with Gasteiger partial charge in [-0.3, -0.25) is 0 Å². The number of alkyl halides is 1. The summed E-state index contributed by atoms with van der Waals surface area (Å²) in [6.07, 6.45) is -0.729. The van der Waals surface area contributed by atoms with Crippen LogP contribution in [0.5, 0.6) is 0 Å². The second-order valence-corrected chi connectivity index (χ2v) is 2.93. The summed E-state index contributed by atoms with van der Waals surface area (Å²) in [5.74, 6) is -0.00549. The van der Waals surface area contributed by atoms with E-state index in [1.54, 1.807) is 0 Å². The van der Waals surface area contributed by atoms with Crippen LogP contribution in [-0.2, 0) is 9.09 Å². The molecule has 1 unspecified atom stereocenters. The molecule has 0 fully saturated rings. The van der Waals surface area contributed by atoms with Crippen molar-refractivity contribution >= 4 is 68.3 Å². The molecule has 0 bridgehead atoms. The molecule has 0 amide bonds. The van der Waals surface area contributed by atoms with Gasteiger partial charge >= 0.3 is 48.9 Å². The number of halogens is 1. The molecule has 4 nitrogen and oxygen atoms in total. The zero-order valence-electron chi connectivity index (χ0n) is 5.45. The van der Waals surface area contributed by atoms with Crippen molar-refractivity contribution in [3.05, 3.63) is 0 Å². The van der Waals surface area contributed by atoms with Crippen LogP contribution in [0, 0.1) is 0 Å². The van der Waals surface area contributed by atoms with E-state index in [0.29, 0.717) is 0 Å². The summed E-state index contributed by atoms with van der Waals surface area (Å²) in [4.78, 5) is 19.6. The third-order valence-corrected chi connectivity index (χ3v) is 1.58. The maximum absolute atomic E-state index is 9.79. The number of phosphoric acid groups is 1. The number of hydrogen-bond acceptors (Lipinski definition) is 4. The van der Waals surface area contributed by atoms with Gasteiger partial charge in [-0.15, -0.1) is 11.6 Å². The summed E-state index contributed by atoms with van der Waals surface area (Å²) >= 11 is 5.13. The zero-order valence-corrected chi connectivity index (χ0v) is 11.5. The van der Waals surface area contributed by atoms with Gasteiger partial charge in [-0.2, -0.15) is 0 Å². The topological polar surface area (TPSA) is 72.4 Å². The number of rotatable bonds is 3. The third kappa shape index (κ3) is 9.97. The zero-order chi connectivity index (χ0) is 7.49. The maximum atomic E-state index is 9.79. The van der Waals surface area contributed by atoms with Gasteiger partial charge in [0.15, 0.2) is 0 Å². The van der Waals surface area contributed by atoms with Gasteiger partial charge in [-0.1, -0.05) is 0 Å². The molecule has 0 spiro atoms. The van der Waals surface area contributed by atoms with Crippen LogP contribution < -0.4 is 9.79 Å². The van der Waals surface area contributed by atoms with Crippen LogP contribution in [0.15, 0.2) is 0 Å². The molecule has 0 aliphatic rings. The molecule has 56 valence electrons. The van der Waals surface area contributed by atoms with E-state index in [2.05, 4.69) is 4.52 Å². The normalized spacial score (nSPS) is 14.0. The minimum Gasteiger partial charge on any atom is -0.790 e. The molecule has 0 heterocycles. The van der Waals surface area contributed by atoms with Crippen LogP contribution in [0.3, 0.4) is 0 Å². The molecule has 7 heteroatoms. The van der Waals surface area contributed by atoms with E-state index in [9.17, 15) is 14.4 Å². The van der Waals surface area contributed by atoms with E-state index >= 15 is 0 Å². The summed E-state index contributed by atoms with van der Waals surface area (Å²) in [5, 5.41) is 0. The van der Waals surface area contributed by atoms with Crippen LogP contribution in [0.4, 0.5) is 0 Å². The van der Waals surface area contributed by atoms with E-state index in [1.807, 2.05) is 0 Å². The Bertz CT molecular complexity index is 126. The molecular weight excluding hydrogens is 304 g/mol. The Morgan fingerprint density at radius 2 is 2.10 bits per heavy atom. The van der Waals surface area contributed by atoms with Crippen molar-refractivity contribution in [2.45, 2.75) is 13.0 Å². The molecule has 0 aromatic rings. The molecule has 0 aromatic carbocycles. The fraction of sp³-hybridized carbons (Fsp3) is 1.00. The Morgan fingerprint density at radius 3 is 2.20 bits per heavy atom. The van der Waals surface area contributed by atoms with Gasteiger partial charge in [0.1, 0.15) is 0 Å². The molecule has 0 saturated heterocycles. The van der Waals surface area contributed by atoms with Gasteiger partial charge in [-0.05, 0) is 6.92 Å². The van der Waals surface area contributed by atoms with Gasteiger partial charge < -0.3 is 18.9 Å². The maximum Gasteiger partial charge on any atom is 2.00 e. The van der Waals surface area contributed by atoms with Crippen LogP contribution in [0.25, 0.3) is 0 Å². The SMILES string of the molecule is CC(CCl)OP(=O)([O-])[O-].[Ba+2]. The predicted molar refractivity (Wildman–Crippen MR) is 34.6 cm³/mol. The molecule has 0 aliphatic carbocycles. The standard InChI is InChI=1S/C3H8ClO4P.Ba/c1-3(2-4)8-9(5,6)7;/h3H,2H2,1H3,(H2,5,6,7);/q;+2/p-2. The van der Waals surface area contributed by atoms with Crippen molar-refractivity contribution in [2.24, 2.45) is 0 Å². The molecule has 0 aromatic heterocycles. The van der Waals surface area contributed by atoms with E-state index in [1.165, 1.54) is 6.92 Å². The van der Waals surface area contributed by atoms with Gasteiger partial charge in [0.2, 0.25) is 0 Å².